The molecule has 0 aromatic heterocycles. The van der Waals surface area contributed by atoms with Crippen LogP contribution in [0.5, 0.6) is 17.2 Å². The Morgan fingerprint density at radius 1 is 0.902 bits per heavy atom. The summed E-state index contributed by atoms with van der Waals surface area (Å²) in [5.74, 6) is 7.95. The average Bonchev–Trinajstić information content (AvgIpc) is 2.99. The lowest BCUT2D eigenvalue weighted by Crippen LogP contribution is -2.08. The summed E-state index contributed by atoms with van der Waals surface area (Å²) in [6.07, 6.45) is 6.68. The number of ether oxygens (including phenoxy) is 2. The normalized spacial score (nSPS) is 12.7. The van der Waals surface area contributed by atoms with Crippen molar-refractivity contribution in [2.45, 2.75) is 65.7 Å². The first-order valence-electron chi connectivity index (χ1n) is 14.5. The van der Waals surface area contributed by atoms with Gasteiger partial charge in [0.05, 0.1) is 12.2 Å². The predicted molar refractivity (Wildman–Crippen MR) is 165 cm³/mol. The van der Waals surface area contributed by atoms with Crippen molar-refractivity contribution in [1.82, 2.24) is 0 Å². The molecule has 3 rings (SSSR count). The van der Waals surface area contributed by atoms with E-state index in [0.29, 0.717) is 29.4 Å². The number of phenolic OH excluding ortho intramolecular Hbond substituents is 1. The molecule has 2 atom stereocenters. The van der Waals surface area contributed by atoms with Crippen LogP contribution in [0.1, 0.15) is 86.3 Å². The molecule has 0 fully saturated rings. The number of aryl methyl sites for hydroxylation is 1. The second kappa shape index (κ2) is 16.3. The summed E-state index contributed by atoms with van der Waals surface area (Å²) < 4.78 is 11.3. The summed E-state index contributed by atoms with van der Waals surface area (Å²) in [5, 5.41) is 18.7. The van der Waals surface area contributed by atoms with Gasteiger partial charge in [-0.25, -0.2) is 4.79 Å². The minimum atomic E-state index is -0.420. The second-order valence-corrected chi connectivity index (χ2v) is 10.3. The number of hydrogen-bond donors (Lipinski definition) is 2. The van der Waals surface area contributed by atoms with Gasteiger partial charge in [0, 0.05) is 18.4 Å². The fourth-order valence-electron chi connectivity index (χ4n) is 4.25. The zero-order chi connectivity index (χ0) is 29.6. The summed E-state index contributed by atoms with van der Waals surface area (Å²) in [4.78, 5) is 12.6. The number of carbonyl (C=O) groups excluding carboxylic acids is 1. The fourth-order valence-corrected chi connectivity index (χ4v) is 4.25. The number of hydrogen-bond acceptors (Lipinski definition) is 5. The van der Waals surface area contributed by atoms with Gasteiger partial charge < -0.3 is 19.7 Å². The van der Waals surface area contributed by atoms with Crippen LogP contribution in [0, 0.1) is 17.8 Å². The van der Waals surface area contributed by atoms with E-state index in [4.69, 9.17) is 14.6 Å². The van der Waals surface area contributed by atoms with Gasteiger partial charge >= 0.3 is 5.97 Å². The van der Waals surface area contributed by atoms with E-state index >= 15 is 0 Å². The standard InChI is InChI=1S/C36H42O5/c1-5-30-25-29(12-21-35(30)38)24-28(4)26(2)10-11-27(3)31-13-19-34(20-14-31)41-36(39)32-15-17-33(18-16-32)40-23-9-7-6-8-22-37/h12-21,24-27,37-38H,5-9,22-23H2,1-4H3/b28-24+. The molecule has 216 valence electrons. The van der Waals surface area contributed by atoms with E-state index in [2.05, 4.69) is 38.7 Å². The SMILES string of the molecule is CCc1cc(/C=C(\C)C(C)C#CC(C)c2ccc(OC(=O)c3ccc(OCCCCCCO)cc3)cc2)ccc1O. The Balaban J connectivity index is 1.51. The molecule has 0 saturated carbocycles. The third-order valence-electron chi connectivity index (χ3n) is 7.08. The van der Waals surface area contributed by atoms with Gasteiger partial charge in [-0.2, -0.15) is 0 Å². The number of esters is 1. The third-order valence-corrected chi connectivity index (χ3v) is 7.08. The Morgan fingerprint density at radius 3 is 2.27 bits per heavy atom. The zero-order valence-corrected chi connectivity index (χ0v) is 24.7. The van der Waals surface area contributed by atoms with Crippen LogP contribution < -0.4 is 9.47 Å². The maximum Gasteiger partial charge on any atom is 0.343 e. The molecule has 0 aliphatic heterocycles. The maximum atomic E-state index is 12.6. The van der Waals surface area contributed by atoms with Crippen molar-refractivity contribution in [3.8, 4) is 29.1 Å². The van der Waals surface area contributed by atoms with Crippen molar-refractivity contribution < 1.29 is 24.5 Å². The van der Waals surface area contributed by atoms with E-state index in [-0.39, 0.29) is 18.4 Å². The number of unbranched alkanes of at least 4 members (excludes halogenated alkanes) is 3. The number of rotatable bonds is 13. The molecule has 0 bridgehead atoms. The smallest absolute Gasteiger partial charge is 0.343 e. The Hall–Kier alpha value is -4.01. The number of phenols is 1. The van der Waals surface area contributed by atoms with Gasteiger partial charge in [0.25, 0.3) is 0 Å². The molecule has 5 nitrogen and oxygen atoms in total. The lowest BCUT2D eigenvalue weighted by Gasteiger charge is -2.10. The first-order chi connectivity index (χ1) is 19.8. The van der Waals surface area contributed by atoms with Crippen molar-refractivity contribution in [3.63, 3.8) is 0 Å². The number of aliphatic hydroxyl groups excluding tert-OH is 1. The van der Waals surface area contributed by atoms with Crippen LogP contribution >= 0.6 is 0 Å². The van der Waals surface area contributed by atoms with Gasteiger partial charge in [-0.15, -0.1) is 0 Å². The Labute approximate surface area is 244 Å². The van der Waals surface area contributed by atoms with E-state index < -0.39 is 5.97 Å². The number of benzene rings is 3. The molecule has 2 unspecified atom stereocenters. The number of allylic oxidation sites excluding steroid dienone is 1. The summed E-state index contributed by atoms with van der Waals surface area (Å²) >= 11 is 0. The zero-order valence-electron chi connectivity index (χ0n) is 24.7. The highest BCUT2D eigenvalue weighted by molar-refractivity contribution is 5.91. The van der Waals surface area contributed by atoms with E-state index in [1.54, 1.807) is 42.5 Å². The van der Waals surface area contributed by atoms with Gasteiger partial charge in [0.15, 0.2) is 0 Å². The highest BCUT2D eigenvalue weighted by Gasteiger charge is 2.10. The van der Waals surface area contributed by atoms with Crippen molar-refractivity contribution in [2.75, 3.05) is 13.2 Å². The minimum Gasteiger partial charge on any atom is -0.508 e. The summed E-state index contributed by atoms with van der Waals surface area (Å²) in [5.41, 5.74) is 4.67. The van der Waals surface area contributed by atoms with Gasteiger partial charge in [-0.05, 0) is 112 Å². The molecule has 3 aromatic rings. The van der Waals surface area contributed by atoms with Gasteiger partial charge in [-0.3, -0.25) is 0 Å². The highest BCUT2D eigenvalue weighted by atomic mass is 16.5. The Morgan fingerprint density at radius 2 is 1.59 bits per heavy atom. The quantitative estimate of drug-likeness (QED) is 0.0970. The van der Waals surface area contributed by atoms with Crippen molar-refractivity contribution in [1.29, 1.82) is 0 Å². The fraction of sp³-hybridized carbons (Fsp3) is 0.361. The second-order valence-electron chi connectivity index (χ2n) is 10.3. The van der Waals surface area contributed by atoms with Crippen molar-refractivity contribution in [2.24, 2.45) is 5.92 Å². The molecule has 0 heterocycles. The lowest BCUT2D eigenvalue weighted by atomic mass is 9.96. The predicted octanol–water partition coefficient (Wildman–Crippen LogP) is 7.95. The van der Waals surface area contributed by atoms with Crippen LogP contribution in [0.25, 0.3) is 6.08 Å². The first kappa shape index (κ1) is 31.5. The largest absolute Gasteiger partial charge is 0.508 e. The first-order valence-corrected chi connectivity index (χ1v) is 14.5. The number of aromatic hydroxyl groups is 1. The van der Waals surface area contributed by atoms with Crippen LogP contribution in [0.3, 0.4) is 0 Å². The molecule has 0 aliphatic carbocycles. The average molecular weight is 555 g/mol. The summed E-state index contributed by atoms with van der Waals surface area (Å²) in [6, 6.07) is 20.1. The molecule has 0 spiro atoms. The van der Waals surface area contributed by atoms with Crippen LogP contribution in [0.2, 0.25) is 0 Å². The highest BCUT2D eigenvalue weighted by Crippen LogP contribution is 2.23. The van der Waals surface area contributed by atoms with Crippen molar-refractivity contribution >= 4 is 12.0 Å². The molecule has 0 aliphatic rings. The third kappa shape index (κ3) is 10.2. The van der Waals surface area contributed by atoms with Crippen LogP contribution in [-0.2, 0) is 6.42 Å². The van der Waals surface area contributed by atoms with Crippen LogP contribution in [0.15, 0.2) is 72.3 Å². The molecule has 5 heteroatoms. The van der Waals surface area contributed by atoms with Gasteiger partial charge in [0.1, 0.15) is 17.2 Å². The topological polar surface area (TPSA) is 76.0 Å². The lowest BCUT2D eigenvalue weighted by molar-refractivity contribution is 0.0734. The molecular weight excluding hydrogens is 512 g/mol. The summed E-state index contributed by atoms with van der Waals surface area (Å²) in [7, 11) is 0. The van der Waals surface area contributed by atoms with Crippen LogP contribution in [0.4, 0.5) is 0 Å². The number of aliphatic hydroxyl groups is 1. The van der Waals surface area contributed by atoms with Crippen LogP contribution in [-0.4, -0.2) is 29.4 Å². The van der Waals surface area contributed by atoms with Gasteiger partial charge in [-0.1, -0.05) is 55.0 Å². The molecular formula is C36H42O5. The van der Waals surface area contributed by atoms with Gasteiger partial charge in [0.2, 0.25) is 0 Å². The monoisotopic (exact) mass is 554 g/mol. The number of carbonyl (C=O) groups is 1. The molecule has 2 N–H and O–H groups in total. The van der Waals surface area contributed by atoms with E-state index in [9.17, 15) is 9.90 Å². The molecule has 0 amide bonds. The van der Waals surface area contributed by atoms with E-state index in [1.807, 2.05) is 31.2 Å². The summed E-state index contributed by atoms with van der Waals surface area (Å²) in [6.45, 7) is 9.11. The van der Waals surface area contributed by atoms with E-state index in [1.165, 1.54) is 0 Å². The molecule has 0 saturated heterocycles. The molecule has 41 heavy (non-hydrogen) atoms. The maximum absolute atomic E-state index is 12.6. The molecule has 3 aromatic carbocycles. The minimum absolute atomic E-state index is 0.0255. The Bertz CT molecular complexity index is 1340. The van der Waals surface area contributed by atoms with E-state index in [0.717, 1.165) is 54.4 Å². The van der Waals surface area contributed by atoms with Crippen molar-refractivity contribution in [3.05, 3.63) is 94.6 Å². The Kier molecular flexibility index (Phi) is 12.5. The molecule has 0 radical (unpaired) electrons.